The van der Waals surface area contributed by atoms with Gasteiger partial charge in [-0.1, -0.05) is 48.4 Å². The molecule has 0 fully saturated rings. The van der Waals surface area contributed by atoms with Crippen LogP contribution in [0.15, 0.2) is 54.6 Å². The van der Waals surface area contributed by atoms with Crippen molar-refractivity contribution in [3.05, 3.63) is 71.3 Å². The van der Waals surface area contributed by atoms with Crippen LogP contribution < -0.4 is 0 Å². The lowest BCUT2D eigenvalue weighted by Gasteiger charge is -2.29. The van der Waals surface area contributed by atoms with Crippen molar-refractivity contribution in [1.82, 2.24) is 4.90 Å². The molecular weight excluding hydrogens is 258 g/mol. The molecule has 0 aliphatic carbocycles. The molecule has 0 aliphatic rings. The summed E-state index contributed by atoms with van der Waals surface area (Å²) in [6, 6.07) is 17.8. The summed E-state index contributed by atoms with van der Waals surface area (Å²) in [5.74, 6) is 2.62. The Labute approximate surface area is 127 Å². The van der Waals surface area contributed by atoms with Crippen LogP contribution in [0.2, 0.25) is 0 Å². The Morgan fingerprint density at radius 2 is 1.71 bits per heavy atom. The predicted octanol–water partition coefficient (Wildman–Crippen LogP) is 3.22. The van der Waals surface area contributed by atoms with E-state index in [9.17, 15) is 5.11 Å². The highest BCUT2D eigenvalue weighted by atomic mass is 16.3. The third kappa shape index (κ3) is 3.95. The molecular formula is C19H21NO. The van der Waals surface area contributed by atoms with Crippen LogP contribution in [0, 0.1) is 12.3 Å². The van der Waals surface area contributed by atoms with Crippen LogP contribution in [0.1, 0.15) is 29.7 Å². The molecule has 0 saturated carbocycles. The van der Waals surface area contributed by atoms with E-state index in [4.69, 9.17) is 6.42 Å². The molecule has 2 atom stereocenters. The number of hydrogen-bond acceptors (Lipinski definition) is 2. The van der Waals surface area contributed by atoms with Crippen LogP contribution in [0.4, 0.5) is 0 Å². The van der Waals surface area contributed by atoms with Crippen molar-refractivity contribution >= 4 is 0 Å². The van der Waals surface area contributed by atoms with E-state index in [1.165, 1.54) is 5.56 Å². The summed E-state index contributed by atoms with van der Waals surface area (Å²) < 4.78 is 0. The Kier molecular flexibility index (Phi) is 5.16. The summed E-state index contributed by atoms with van der Waals surface area (Å²) in [5, 5.41) is 10.5. The van der Waals surface area contributed by atoms with E-state index < -0.39 is 6.10 Å². The lowest BCUT2D eigenvalue weighted by atomic mass is 10.0. The van der Waals surface area contributed by atoms with E-state index in [0.29, 0.717) is 0 Å². The molecule has 0 saturated heterocycles. The van der Waals surface area contributed by atoms with Crippen LogP contribution in [0.25, 0.3) is 0 Å². The molecule has 0 heterocycles. The Balaban J connectivity index is 2.02. The molecule has 2 heteroatoms. The topological polar surface area (TPSA) is 23.5 Å². The minimum Gasteiger partial charge on any atom is -0.387 e. The third-order valence-corrected chi connectivity index (χ3v) is 3.85. The average Bonchev–Trinajstić information content (AvgIpc) is 2.55. The number of likely N-dealkylation sites (N-methyl/N-ethyl adjacent to an activating group) is 1. The second kappa shape index (κ2) is 7.08. The summed E-state index contributed by atoms with van der Waals surface area (Å²) in [6.07, 6.45) is 4.86. The maximum atomic E-state index is 10.5. The molecule has 0 radical (unpaired) electrons. The van der Waals surface area contributed by atoms with Crippen LogP contribution in [0.5, 0.6) is 0 Å². The zero-order chi connectivity index (χ0) is 15.2. The van der Waals surface area contributed by atoms with Gasteiger partial charge in [0.15, 0.2) is 0 Å². The van der Waals surface area contributed by atoms with Crippen LogP contribution in [-0.2, 0) is 6.54 Å². The van der Waals surface area contributed by atoms with Gasteiger partial charge in [0.2, 0.25) is 0 Å². The summed E-state index contributed by atoms with van der Waals surface area (Å²) >= 11 is 0. The molecule has 0 unspecified atom stereocenters. The molecule has 0 spiro atoms. The van der Waals surface area contributed by atoms with Crippen molar-refractivity contribution in [3.8, 4) is 12.3 Å². The second-order valence-electron chi connectivity index (χ2n) is 5.35. The zero-order valence-electron chi connectivity index (χ0n) is 12.5. The first-order valence-electron chi connectivity index (χ1n) is 7.10. The molecule has 2 rings (SSSR count). The Bertz CT molecular complexity index is 598. The van der Waals surface area contributed by atoms with Crippen LogP contribution >= 0.6 is 0 Å². The van der Waals surface area contributed by atoms with Gasteiger partial charge in [0, 0.05) is 18.2 Å². The highest BCUT2D eigenvalue weighted by Crippen LogP contribution is 2.21. The zero-order valence-corrected chi connectivity index (χ0v) is 12.5. The van der Waals surface area contributed by atoms with E-state index in [1.807, 2.05) is 68.6 Å². The lowest BCUT2D eigenvalue weighted by molar-refractivity contribution is 0.0688. The molecule has 0 aliphatic heterocycles. The first-order valence-corrected chi connectivity index (χ1v) is 7.10. The van der Waals surface area contributed by atoms with Gasteiger partial charge in [-0.25, -0.2) is 0 Å². The van der Waals surface area contributed by atoms with E-state index in [2.05, 4.69) is 10.8 Å². The van der Waals surface area contributed by atoms with E-state index in [1.54, 1.807) is 0 Å². The van der Waals surface area contributed by atoms with Crippen molar-refractivity contribution in [2.24, 2.45) is 0 Å². The van der Waals surface area contributed by atoms with Gasteiger partial charge in [-0.05, 0) is 37.2 Å². The maximum absolute atomic E-state index is 10.5. The minimum atomic E-state index is -0.499. The van der Waals surface area contributed by atoms with Crippen molar-refractivity contribution < 1.29 is 5.11 Å². The summed E-state index contributed by atoms with van der Waals surface area (Å²) in [7, 11) is 2.02. The van der Waals surface area contributed by atoms with Gasteiger partial charge in [-0.3, -0.25) is 4.90 Å². The minimum absolute atomic E-state index is 0.0275. The first-order chi connectivity index (χ1) is 10.1. The van der Waals surface area contributed by atoms with Crippen molar-refractivity contribution in [2.45, 2.75) is 25.6 Å². The molecule has 2 aromatic carbocycles. The van der Waals surface area contributed by atoms with Gasteiger partial charge in [0.1, 0.15) is 0 Å². The molecule has 0 aromatic heterocycles. The van der Waals surface area contributed by atoms with Crippen molar-refractivity contribution in [3.63, 3.8) is 0 Å². The Morgan fingerprint density at radius 1 is 1.10 bits per heavy atom. The summed E-state index contributed by atoms with van der Waals surface area (Å²) in [5.41, 5.74) is 3.02. The third-order valence-electron chi connectivity index (χ3n) is 3.85. The fourth-order valence-electron chi connectivity index (χ4n) is 2.31. The standard InChI is InChI=1S/C19H21NO/c1-4-16-10-12-17(13-11-16)14-20(3)15(2)19(21)18-8-6-5-7-9-18/h1,5-13,15,19,21H,14H2,2-3H3/t15-,19+/m1/s1. The molecule has 0 bridgehead atoms. The van der Waals surface area contributed by atoms with E-state index >= 15 is 0 Å². The number of terminal acetylenes is 1. The Hall–Kier alpha value is -2.08. The predicted molar refractivity (Wildman–Crippen MR) is 86.7 cm³/mol. The quantitative estimate of drug-likeness (QED) is 0.850. The molecule has 2 aromatic rings. The molecule has 1 N–H and O–H groups in total. The maximum Gasteiger partial charge on any atom is 0.0942 e. The largest absolute Gasteiger partial charge is 0.387 e. The molecule has 21 heavy (non-hydrogen) atoms. The van der Waals surface area contributed by atoms with Crippen LogP contribution in [0.3, 0.4) is 0 Å². The number of benzene rings is 2. The van der Waals surface area contributed by atoms with E-state index in [-0.39, 0.29) is 6.04 Å². The Morgan fingerprint density at radius 3 is 2.29 bits per heavy atom. The van der Waals surface area contributed by atoms with Crippen molar-refractivity contribution in [2.75, 3.05) is 7.05 Å². The molecule has 108 valence electrons. The van der Waals surface area contributed by atoms with Gasteiger partial charge in [0.05, 0.1) is 6.10 Å². The van der Waals surface area contributed by atoms with Gasteiger partial charge >= 0.3 is 0 Å². The number of aliphatic hydroxyl groups excluding tert-OH is 1. The molecule has 2 nitrogen and oxygen atoms in total. The number of rotatable bonds is 5. The van der Waals surface area contributed by atoms with Gasteiger partial charge in [-0.15, -0.1) is 6.42 Å². The first kappa shape index (κ1) is 15.3. The van der Waals surface area contributed by atoms with Gasteiger partial charge in [-0.2, -0.15) is 0 Å². The number of aliphatic hydroxyl groups is 1. The number of hydrogen-bond donors (Lipinski definition) is 1. The van der Waals surface area contributed by atoms with Gasteiger partial charge < -0.3 is 5.11 Å². The average molecular weight is 279 g/mol. The normalized spacial score (nSPS) is 13.7. The second-order valence-corrected chi connectivity index (χ2v) is 5.35. The van der Waals surface area contributed by atoms with Crippen LogP contribution in [-0.4, -0.2) is 23.1 Å². The molecule has 0 amide bonds. The van der Waals surface area contributed by atoms with Gasteiger partial charge in [0.25, 0.3) is 0 Å². The fraction of sp³-hybridized carbons (Fsp3) is 0.263. The smallest absolute Gasteiger partial charge is 0.0942 e. The lowest BCUT2D eigenvalue weighted by Crippen LogP contribution is -2.33. The van der Waals surface area contributed by atoms with Crippen molar-refractivity contribution in [1.29, 1.82) is 0 Å². The van der Waals surface area contributed by atoms with E-state index in [0.717, 1.165) is 17.7 Å². The number of nitrogens with zero attached hydrogens (tertiary/aromatic N) is 1. The fourth-order valence-corrected chi connectivity index (χ4v) is 2.31. The SMILES string of the molecule is C#Cc1ccc(CN(C)[C@H](C)[C@H](O)c2ccccc2)cc1. The summed E-state index contributed by atoms with van der Waals surface area (Å²) in [6.45, 7) is 2.81. The highest BCUT2D eigenvalue weighted by molar-refractivity contribution is 5.34. The summed E-state index contributed by atoms with van der Waals surface area (Å²) in [4.78, 5) is 2.14. The highest BCUT2D eigenvalue weighted by Gasteiger charge is 2.20. The monoisotopic (exact) mass is 279 g/mol.